The van der Waals surface area contributed by atoms with Crippen molar-refractivity contribution in [1.82, 2.24) is 4.98 Å². The summed E-state index contributed by atoms with van der Waals surface area (Å²) in [6.07, 6.45) is 4.19. The molecule has 0 saturated heterocycles. The van der Waals surface area contributed by atoms with Gasteiger partial charge in [-0.25, -0.2) is 0 Å². The summed E-state index contributed by atoms with van der Waals surface area (Å²) in [6, 6.07) is 3.81. The maximum absolute atomic E-state index is 8.49. The van der Waals surface area contributed by atoms with Gasteiger partial charge in [-0.2, -0.15) is 0 Å². The smallest absolute Gasteiger partial charge is 1.00 e. The fraction of sp³-hybridized carbons (Fsp3) is 0.286. The quantitative estimate of drug-likeness (QED) is 0.479. The number of hydrogen-bond donors (Lipinski definition) is 1. The van der Waals surface area contributed by atoms with Crippen molar-refractivity contribution in [3.8, 4) is 0 Å². The molecular formula is C7H10NNaO. The Morgan fingerprint density at radius 1 is 1.60 bits per heavy atom. The van der Waals surface area contributed by atoms with Gasteiger partial charge in [-0.05, 0) is 18.1 Å². The summed E-state index contributed by atoms with van der Waals surface area (Å²) in [4.78, 5) is 3.89. The molecule has 0 spiro atoms. The molecule has 1 heterocycles. The van der Waals surface area contributed by atoms with Gasteiger partial charge >= 0.3 is 29.6 Å². The van der Waals surface area contributed by atoms with Crippen molar-refractivity contribution >= 4 is 0 Å². The number of aliphatic hydroxyl groups is 1. The van der Waals surface area contributed by atoms with Crippen LogP contribution in [-0.4, -0.2) is 16.7 Å². The van der Waals surface area contributed by atoms with Crippen LogP contribution < -0.4 is 29.6 Å². The number of hydrogen-bond acceptors (Lipinski definition) is 2. The van der Waals surface area contributed by atoms with Gasteiger partial charge in [0.15, 0.2) is 0 Å². The van der Waals surface area contributed by atoms with Crippen LogP contribution in [0, 0.1) is 0 Å². The summed E-state index contributed by atoms with van der Waals surface area (Å²) >= 11 is 0. The largest absolute Gasteiger partial charge is 1.00 e. The van der Waals surface area contributed by atoms with Crippen molar-refractivity contribution in [3.63, 3.8) is 0 Å². The molecule has 0 bridgehead atoms. The summed E-state index contributed by atoms with van der Waals surface area (Å²) in [5.74, 6) is 0. The number of rotatable bonds is 2. The minimum absolute atomic E-state index is 0. The van der Waals surface area contributed by atoms with Crippen LogP contribution in [0.2, 0.25) is 0 Å². The second kappa shape index (κ2) is 5.86. The summed E-state index contributed by atoms with van der Waals surface area (Å²) in [5, 5.41) is 8.49. The second-order valence-corrected chi connectivity index (χ2v) is 1.83. The van der Waals surface area contributed by atoms with Gasteiger partial charge in [-0.15, -0.1) is 0 Å². The zero-order valence-corrected chi connectivity index (χ0v) is 8.12. The summed E-state index contributed by atoms with van der Waals surface area (Å²) in [6.45, 7) is 0.200. The Labute approximate surface area is 84.1 Å². The molecule has 0 aliphatic carbocycles. The fourth-order valence-corrected chi connectivity index (χ4v) is 0.675. The first-order valence-corrected chi connectivity index (χ1v) is 2.93. The molecule has 0 amide bonds. The van der Waals surface area contributed by atoms with Crippen LogP contribution in [0.15, 0.2) is 24.5 Å². The van der Waals surface area contributed by atoms with Crippen molar-refractivity contribution in [1.29, 1.82) is 0 Å². The van der Waals surface area contributed by atoms with Gasteiger partial charge in [0, 0.05) is 19.0 Å². The molecule has 0 unspecified atom stereocenters. The van der Waals surface area contributed by atoms with E-state index >= 15 is 0 Å². The van der Waals surface area contributed by atoms with Crippen LogP contribution in [0.3, 0.4) is 0 Å². The third kappa shape index (κ3) is 3.32. The molecular weight excluding hydrogens is 137 g/mol. The molecule has 0 atom stereocenters. The van der Waals surface area contributed by atoms with E-state index in [1.54, 1.807) is 12.4 Å². The van der Waals surface area contributed by atoms with E-state index in [2.05, 4.69) is 4.98 Å². The van der Waals surface area contributed by atoms with E-state index in [-0.39, 0.29) is 37.6 Å². The first-order chi connectivity index (χ1) is 4.43. The molecule has 1 aromatic rings. The van der Waals surface area contributed by atoms with Gasteiger partial charge in [0.25, 0.3) is 0 Å². The molecule has 50 valence electrons. The first kappa shape index (κ1) is 10.1. The molecule has 1 rings (SSSR count). The molecule has 1 N–H and O–H groups in total. The molecule has 2 nitrogen and oxygen atoms in total. The SMILES string of the molecule is OCCc1cccnc1.[H-].[Na+]. The molecule has 0 aliphatic heterocycles. The Balaban J connectivity index is 0. The molecule has 3 heteroatoms. The van der Waals surface area contributed by atoms with Crippen LogP contribution in [-0.2, 0) is 6.42 Å². The maximum Gasteiger partial charge on any atom is 1.00 e. The van der Waals surface area contributed by atoms with Crippen LogP contribution in [0.5, 0.6) is 0 Å². The van der Waals surface area contributed by atoms with E-state index in [0.29, 0.717) is 6.42 Å². The van der Waals surface area contributed by atoms with E-state index in [4.69, 9.17) is 5.11 Å². The Hall–Kier alpha value is 0.110. The Kier molecular flexibility index (Phi) is 5.93. The Morgan fingerprint density at radius 3 is 2.90 bits per heavy atom. The average molecular weight is 147 g/mol. The van der Waals surface area contributed by atoms with Crippen molar-refractivity contribution in [2.24, 2.45) is 0 Å². The number of aliphatic hydroxyl groups excluding tert-OH is 1. The van der Waals surface area contributed by atoms with E-state index < -0.39 is 0 Å². The van der Waals surface area contributed by atoms with Crippen molar-refractivity contribution in [2.75, 3.05) is 6.61 Å². The van der Waals surface area contributed by atoms with Gasteiger partial charge in [0.2, 0.25) is 0 Å². The van der Waals surface area contributed by atoms with E-state index in [1.807, 2.05) is 12.1 Å². The van der Waals surface area contributed by atoms with Crippen molar-refractivity contribution < 1.29 is 36.1 Å². The minimum Gasteiger partial charge on any atom is -1.00 e. The molecule has 0 aliphatic rings. The molecule has 0 aromatic carbocycles. The van der Waals surface area contributed by atoms with E-state index in [0.717, 1.165) is 5.56 Å². The summed E-state index contributed by atoms with van der Waals surface area (Å²) in [5.41, 5.74) is 1.08. The molecule has 0 radical (unpaired) electrons. The maximum atomic E-state index is 8.49. The average Bonchev–Trinajstić information content (AvgIpc) is 1.91. The van der Waals surface area contributed by atoms with Gasteiger partial charge in [0.05, 0.1) is 0 Å². The molecule has 0 fully saturated rings. The van der Waals surface area contributed by atoms with Crippen molar-refractivity contribution in [3.05, 3.63) is 30.1 Å². The Morgan fingerprint density at radius 2 is 2.40 bits per heavy atom. The monoisotopic (exact) mass is 147 g/mol. The first-order valence-electron chi connectivity index (χ1n) is 2.93. The normalized spacial score (nSPS) is 8.50. The van der Waals surface area contributed by atoms with E-state index in [9.17, 15) is 0 Å². The number of pyridine rings is 1. The molecule has 0 saturated carbocycles. The predicted octanol–water partition coefficient (Wildman–Crippen LogP) is -2.27. The molecule has 10 heavy (non-hydrogen) atoms. The Bertz CT molecular complexity index is 171. The zero-order chi connectivity index (χ0) is 6.53. The zero-order valence-electron chi connectivity index (χ0n) is 7.12. The van der Waals surface area contributed by atoms with Gasteiger partial charge < -0.3 is 6.53 Å². The number of aromatic nitrogens is 1. The third-order valence-corrected chi connectivity index (χ3v) is 1.12. The van der Waals surface area contributed by atoms with Crippen LogP contribution >= 0.6 is 0 Å². The second-order valence-electron chi connectivity index (χ2n) is 1.83. The fourth-order valence-electron chi connectivity index (χ4n) is 0.675. The van der Waals surface area contributed by atoms with Gasteiger partial charge in [-0.3, -0.25) is 4.98 Å². The van der Waals surface area contributed by atoms with Gasteiger partial charge in [0.1, 0.15) is 0 Å². The predicted molar refractivity (Wildman–Crippen MR) is 36.1 cm³/mol. The topological polar surface area (TPSA) is 33.1 Å². The standard InChI is InChI=1S/C7H9NO.Na.H/c9-5-3-7-2-1-4-8-6-7;;/h1-2,4,6,9H,3,5H2;;/q;+1;-1. The molecule has 1 aromatic heterocycles. The van der Waals surface area contributed by atoms with Crippen LogP contribution in [0.1, 0.15) is 6.99 Å². The number of nitrogens with zero attached hydrogens (tertiary/aromatic N) is 1. The van der Waals surface area contributed by atoms with Crippen LogP contribution in [0.25, 0.3) is 0 Å². The minimum atomic E-state index is 0. The van der Waals surface area contributed by atoms with Crippen molar-refractivity contribution in [2.45, 2.75) is 6.42 Å². The summed E-state index contributed by atoms with van der Waals surface area (Å²) in [7, 11) is 0. The van der Waals surface area contributed by atoms with E-state index in [1.165, 1.54) is 0 Å². The van der Waals surface area contributed by atoms with Gasteiger partial charge in [-0.1, -0.05) is 6.07 Å². The van der Waals surface area contributed by atoms with Crippen LogP contribution in [0.4, 0.5) is 0 Å². The summed E-state index contributed by atoms with van der Waals surface area (Å²) < 4.78 is 0. The third-order valence-electron chi connectivity index (χ3n) is 1.12.